The number of hydrogen-bond donors (Lipinski definition) is 2. The number of nitrogens with zero attached hydrogens (tertiary/aromatic N) is 1. The van der Waals surface area contributed by atoms with Gasteiger partial charge in [-0.25, -0.2) is 8.78 Å². The summed E-state index contributed by atoms with van der Waals surface area (Å²) in [6.07, 6.45) is 0. The summed E-state index contributed by atoms with van der Waals surface area (Å²) < 4.78 is 27.8. The zero-order valence-electron chi connectivity index (χ0n) is 13.0. The molecule has 0 saturated carbocycles. The standard InChI is InChI=1S/C15H22F2N2O.2ClH/c1-15(2,3)14(19-8-6-18-7-9-19)12-10(16)4-5-11(17)13(12)20;;/h4-5,14,18,20H,6-9H2,1-3H3;2*1H/t14-;;/m1../s1. The molecule has 0 aromatic heterocycles. The lowest BCUT2D eigenvalue weighted by molar-refractivity contribution is 0.0808. The van der Waals surface area contributed by atoms with Crippen molar-refractivity contribution in [3.8, 4) is 5.75 Å². The van der Waals surface area contributed by atoms with Crippen LogP contribution in [-0.2, 0) is 0 Å². The van der Waals surface area contributed by atoms with Crippen LogP contribution in [0.4, 0.5) is 8.78 Å². The third-order valence-electron chi connectivity index (χ3n) is 3.73. The van der Waals surface area contributed by atoms with Gasteiger partial charge in [-0.3, -0.25) is 4.90 Å². The van der Waals surface area contributed by atoms with Gasteiger partial charge in [0.05, 0.1) is 5.56 Å². The molecule has 1 aromatic carbocycles. The van der Waals surface area contributed by atoms with Gasteiger partial charge >= 0.3 is 0 Å². The highest BCUT2D eigenvalue weighted by Crippen LogP contribution is 2.43. The van der Waals surface area contributed by atoms with Gasteiger partial charge < -0.3 is 10.4 Å². The quantitative estimate of drug-likeness (QED) is 0.850. The molecular weight excluding hydrogens is 333 g/mol. The van der Waals surface area contributed by atoms with Crippen LogP contribution < -0.4 is 5.32 Å². The van der Waals surface area contributed by atoms with Gasteiger partial charge in [-0.1, -0.05) is 20.8 Å². The smallest absolute Gasteiger partial charge is 0.165 e. The van der Waals surface area contributed by atoms with Crippen molar-refractivity contribution in [3.05, 3.63) is 29.3 Å². The first-order chi connectivity index (χ1) is 9.32. The van der Waals surface area contributed by atoms with Crippen LogP contribution in [0.2, 0.25) is 0 Å². The molecule has 0 amide bonds. The second-order valence-corrected chi connectivity index (χ2v) is 6.35. The Balaban J connectivity index is 0.00000220. The van der Waals surface area contributed by atoms with Crippen molar-refractivity contribution in [3.63, 3.8) is 0 Å². The van der Waals surface area contributed by atoms with Gasteiger partial charge in [0.15, 0.2) is 11.6 Å². The highest BCUT2D eigenvalue weighted by atomic mass is 35.5. The van der Waals surface area contributed by atoms with Crippen molar-refractivity contribution < 1.29 is 13.9 Å². The summed E-state index contributed by atoms with van der Waals surface area (Å²) >= 11 is 0. The molecule has 1 fully saturated rings. The molecule has 1 atom stereocenters. The van der Waals surface area contributed by atoms with E-state index in [9.17, 15) is 13.9 Å². The molecule has 3 nitrogen and oxygen atoms in total. The first-order valence-corrected chi connectivity index (χ1v) is 6.94. The minimum Gasteiger partial charge on any atom is -0.505 e. The first-order valence-electron chi connectivity index (χ1n) is 6.94. The van der Waals surface area contributed by atoms with Gasteiger partial charge in [0.25, 0.3) is 0 Å². The molecule has 1 aliphatic rings. The molecule has 2 rings (SSSR count). The molecular formula is C15H24Cl2F2N2O. The molecule has 128 valence electrons. The largest absolute Gasteiger partial charge is 0.505 e. The third-order valence-corrected chi connectivity index (χ3v) is 3.73. The fourth-order valence-electron chi connectivity index (χ4n) is 2.92. The minimum atomic E-state index is -0.772. The number of halogens is 4. The summed E-state index contributed by atoms with van der Waals surface area (Å²) in [7, 11) is 0. The van der Waals surface area contributed by atoms with Gasteiger partial charge in [0, 0.05) is 32.2 Å². The fourth-order valence-corrected chi connectivity index (χ4v) is 2.92. The molecule has 22 heavy (non-hydrogen) atoms. The lowest BCUT2D eigenvalue weighted by atomic mass is 9.80. The topological polar surface area (TPSA) is 35.5 Å². The summed E-state index contributed by atoms with van der Waals surface area (Å²) in [5, 5.41) is 13.2. The molecule has 1 heterocycles. The average molecular weight is 357 g/mol. The zero-order valence-corrected chi connectivity index (χ0v) is 14.7. The lowest BCUT2D eigenvalue weighted by Crippen LogP contribution is -2.48. The molecule has 0 unspecified atom stereocenters. The van der Waals surface area contributed by atoms with Crippen LogP contribution in [0.1, 0.15) is 32.4 Å². The van der Waals surface area contributed by atoms with E-state index < -0.39 is 17.4 Å². The second-order valence-electron chi connectivity index (χ2n) is 6.35. The minimum absolute atomic E-state index is 0. The van der Waals surface area contributed by atoms with Gasteiger partial charge in [-0.05, 0) is 17.5 Å². The van der Waals surface area contributed by atoms with E-state index in [1.165, 1.54) is 0 Å². The number of piperazine rings is 1. The maximum Gasteiger partial charge on any atom is 0.165 e. The summed E-state index contributed by atoms with van der Waals surface area (Å²) in [6.45, 7) is 9.04. The van der Waals surface area contributed by atoms with Crippen LogP contribution >= 0.6 is 24.8 Å². The van der Waals surface area contributed by atoms with Crippen molar-refractivity contribution in [1.82, 2.24) is 10.2 Å². The molecule has 1 aliphatic heterocycles. The third kappa shape index (κ3) is 4.44. The Morgan fingerprint density at radius 2 is 1.59 bits per heavy atom. The van der Waals surface area contributed by atoms with E-state index in [0.717, 1.165) is 38.3 Å². The highest BCUT2D eigenvalue weighted by molar-refractivity contribution is 5.85. The number of nitrogens with one attached hydrogen (secondary N) is 1. The number of hydrogen-bond acceptors (Lipinski definition) is 3. The van der Waals surface area contributed by atoms with Crippen LogP contribution in [0.25, 0.3) is 0 Å². The maximum absolute atomic E-state index is 14.2. The Morgan fingerprint density at radius 3 is 2.09 bits per heavy atom. The molecule has 7 heteroatoms. The normalized spacial score (nSPS) is 17.3. The van der Waals surface area contributed by atoms with E-state index in [1.54, 1.807) is 0 Å². The molecule has 1 aromatic rings. The Morgan fingerprint density at radius 1 is 1.09 bits per heavy atom. The Labute approximate surface area is 142 Å². The predicted octanol–water partition coefficient (Wildman–Crippen LogP) is 3.51. The monoisotopic (exact) mass is 356 g/mol. The van der Waals surface area contributed by atoms with Gasteiger partial charge in [-0.15, -0.1) is 24.8 Å². The number of benzene rings is 1. The Hall–Kier alpha value is -0.620. The van der Waals surface area contributed by atoms with Gasteiger partial charge in [0.1, 0.15) is 5.82 Å². The Bertz CT molecular complexity index is 489. The number of phenolic OH excluding ortho intramolecular Hbond substituents is 1. The molecule has 0 bridgehead atoms. The van der Waals surface area contributed by atoms with Crippen LogP contribution in [0.5, 0.6) is 5.75 Å². The van der Waals surface area contributed by atoms with E-state index in [0.29, 0.717) is 0 Å². The van der Waals surface area contributed by atoms with Crippen molar-refractivity contribution in [2.24, 2.45) is 5.41 Å². The van der Waals surface area contributed by atoms with Crippen LogP contribution in [0.3, 0.4) is 0 Å². The van der Waals surface area contributed by atoms with Crippen LogP contribution in [0.15, 0.2) is 12.1 Å². The lowest BCUT2D eigenvalue weighted by Gasteiger charge is -2.42. The van der Waals surface area contributed by atoms with E-state index in [-0.39, 0.29) is 41.8 Å². The van der Waals surface area contributed by atoms with Crippen molar-refractivity contribution in [2.75, 3.05) is 26.2 Å². The summed E-state index contributed by atoms with van der Waals surface area (Å²) in [5.74, 6) is -1.89. The van der Waals surface area contributed by atoms with Gasteiger partial charge in [0.2, 0.25) is 0 Å². The second kappa shape index (κ2) is 8.29. The molecule has 2 N–H and O–H groups in total. The van der Waals surface area contributed by atoms with Gasteiger partial charge in [-0.2, -0.15) is 0 Å². The van der Waals surface area contributed by atoms with Crippen molar-refractivity contribution >= 4 is 24.8 Å². The first kappa shape index (κ1) is 21.4. The summed E-state index contributed by atoms with van der Waals surface area (Å²) in [5.41, 5.74) is -0.247. The van der Waals surface area contributed by atoms with E-state index in [4.69, 9.17) is 0 Å². The average Bonchev–Trinajstić information content (AvgIpc) is 2.39. The Kier molecular flexibility index (Phi) is 8.06. The van der Waals surface area contributed by atoms with E-state index >= 15 is 0 Å². The predicted molar refractivity (Wildman–Crippen MR) is 89.2 cm³/mol. The van der Waals surface area contributed by atoms with E-state index in [2.05, 4.69) is 10.2 Å². The fraction of sp³-hybridized carbons (Fsp3) is 0.600. The zero-order chi connectivity index (χ0) is 14.9. The molecule has 0 radical (unpaired) electrons. The summed E-state index contributed by atoms with van der Waals surface area (Å²) in [4.78, 5) is 2.11. The van der Waals surface area contributed by atoms with Crippen molar-refractivity contribution in [2.45, 2.75) is 26.8 Å². The van der Waals surface area contributed by atoms with Crippen LogP contribution in [-0.4, -0.2) is 36.2 Å². The van der Waals surface area contributed by atoms with Crippen LogP contribution in [0, 0.1) is 17.0 Å². The summed E-state index contributed by atoms with van der Waals surface area (Å²) in [6, 6.07) is 1.69. The molecule has 1 saturated heterocycles. The SMILES string of the molecule is CC(C)(C)[C@@H](c1c(F)ccc(F)c1O)N1CCNCC1.Cl.Cl. The number of phenols is 1. The maximum atomic E-state index is 14.2. The number of aromatic hydroxyl groups is 1. The van der Waals surface area contributed by atoms with Crippen molar-refractivity contribution in [1.29, 1.82) is 0 Å². The van der Waals surface area contributed by atoms with E-state index in [1.807, 2.05) is 20.8 Å². The molecule has 0 aliphatic carbocycles. The highest BCUT2D eigenvalue weighted by Gasteiger charge is 2.36. The number of rotatable bonds is 2. The molecule has 0 spiro atoms.